The van der Waals surface area contributed by atoms with E-state index in [-0.39, 0.29) is 36.4 Å². The lowest BCUT2D eigenvalue weighted by molar-refractivity contribution is -0.154. The second-order valence-corrected chi connectivity index (χ2v) is 8.05. The molecule has 10 heteroatoms. The Morgan fingerprint density at radius 3 is 2.55 bits per heavy atom. The van der Waals surface area contributed by atoms with Gasteiger partial charge in [0.15, 0.2) is 5.69 Å². The summed E-state index contributed by atoms with van der Waals surface area (Å²) in [7, 11) is 1.56. The van der Waals surface area contributed by atoms with Crippen LogP contribution in [0.15, 0.2) is 34.9 Å². The number of aromatic nitrogens is 1. The van der Waals surface area contributed by atoms with Gasteiger partial charge in [0.25, 0.3) is 5.91 Å². The summed E-state index contributed by atoms with van der Waals surface area (Å²) in [5.74, 6) is -0.592. The zero-order valence-corrected chi connectivity index (χ0v) is 19.4. The monoisotopic (exact) mass is 460 g/mol. The van der Waals surface area contributed by atoms with Crippen molar-refractivity contribution in [3.05, 3.63) is 42.1 Å². The first-order chi connectivity index (χ1) is 15.8. The fourth-order valence-corrected chi connectivity index (χ4v) is 3.21. The van der Waals surface area contributed by atoms with Crippen LogP contribution < -0.4 is 15.4 Å². The number of hydrogen-bond donors (Lipinski definition) is 3. The van der Waals surface area contributed by atoms with Crippen molar-refractivity contribution in [2.75, 3.05) is 19.0 Å². The minimum atomic E-state index is -0.590. The van der Waals surface area contributed by atoms with E-state index in [1.807, 2.05) is 20.8 Å². The van der Waals surface area contributed by atoms with Gasteiger partial charge in [0.1, 0.15) is 18.1 Å². The van der Waals surface area contributed by atoms with Crippen LogP contribution in [0.1, 0.15) is 62.5 Å². The standard InChI is InChI=1S/C23H32N4O6/c1-5-6-7-16(12-27(31)14-28)21(29)26-20(15(2)3)23-25-19(13-33-23)22(30)24-17-8-10-18(32-4)11-9-17/h8-11,13-16,20,31H,5-7,12H2,1-4H3,(H,24,30)(H,26,29)/t16-,20+/m1/s1. The lowest BCUT2D eigenvalue weighted by atomic mass is 9.98. The smallest absolute Gasteiger partial charge is 0.277 e. The predicted octanol–water partition coefficient (Wildman–Crippen LogP) is 3.40. The van der Waals surface area contributed by atoms with Crippen molar-refractivity contribution < 1.29 is 28.7 Å². The first-order valence-corrected chi connectivity index (χ1v) is 10.9. The molecule has 2 atom stereocenters. The van der Waals surface area contributed by atoms with Gasteiger partial charge in [-0.3, -0.25) is 19.6 Å². The van der Waals surface area contributed by atoms with Gasteiger partial charge in [-0.15, -0.1) is 0 Å². The number of ether oxygens (including phenoxy) is 1. The third kappa shape index (κ3) is 7.60. The van der Waals surface area contributed by atoms with Crippen molar-refractivity contribution in [2.24, 2.45) is 11.8 Å². The Kier molecular flexibility index (Phi) is 9.86. The number of nitrogens with zero attached hydrogens (tertiary/aromatic N) is 2. The van der Waals surface area contributed by atoms with Crippen LogP contribution in [-0.2, 0) is 9.59 Å². The van der Waals surface area contributed by atoms with Crippen LogP contribution in [-0.4, -0.2) is 47.1 Å². The number of nitrogens with one attached hydrogen (secondary N) is 2. The third-order valence-electron chi connectivity index (χ3n) is 5.14. The Hall–Kier alpha value is -3.40. The molecule has 1 heterocycles. The summed E-state index contributed by atoms with van der Waals surface area (Å²) >= 11 is 0. The van der Waals surface area contributed by atoms with Crippen molar-refractivity contribution in [2.45, 2.75) is 46.1 Å². The van der Waals surface area contributed by atoms with Gasteiger partial charge in [0.2, 0.25) is 18.2 Å². The molecule has 0 unspecified atom stereocenters. The van der Waals surface area contributed by atoms with Crippen LogP contribution in [0.4, 0.5) is 5.69 Å². The highest BCUT2D eigenvalue weighted by Gasteiger charge is 2.28. The number of unbranched alkanes of at least 4 members (excludes halogenated alkanes) is 1. The summed E-state index contributed by atoms with van der Waals surface area (Å²) < 4.78 is 10.6. The molecule has 0 aliphatic heterocycles. The van der Waals surface area contributed by atoms with E-state index in [4.69, 9.17) is 9.15 Å². The van der Waals surface area contributed by atoms with Gasteiger partial charge in [-0.1, -0.05) is 33.6 Å². The Labute approximate surface area is 193 Å². The molecule has 0 bridgehead atoms. The maximum atomic E-state index is 12.9. The zero-order chi connectivity index (χ0) is 24.4. The average molecular weight is 461 g/mol. The third-order valence-corrected chi connectivity index (χ3v) is 5.14. The van der Waals surface area contributed by atoms with Gasteiger partial charge >= 0.3 is 0 Å². The molecule has 33 heavy (non-hydrogen) atoms. The molecular weight excluding hydrogens is 428 g/mol. The Morgan fingerprint density at radius 1 is 1.27 bits per heavy atom. The summed E-state index contributed by atoms with van der Waals surface area (Å²) in [4.78, 5) is 40.5. The molecule has 10 nitrogen and oxygen atoms in total. The fraction of sp³-hybridized carbons (Fsp3) is 0.478. The first-order valence-electron chi connectivity index (χ1n) is 10.9. The number of carbonyl (C=O) groups excluding carboxylic acids is 3. The topological polar surface area (TPSA) is 134 Å². The minimum absolute atomic E-state index is 0.0748. The number of carbonyl (C=O) groups is 3. The normalized spacial score (nSPS) is 12.7. The maximum absolute atomic E-state index is 12.9. The molecule has 0 spiro atoms. The van der Waals surface area contributed by atoms with Gasteiger partial charge in [-0.2, -0.15) is 0 Å². The molecule has 1 aromatic heterocycles. The number of amides is 3. The fourth-order valence-electron chi connectivity index (χ4n) is 3.21. The lowest BCUT2D eigenvalue weighted by Crippen LogP contribution is -2.40. The molecule has 1 aromatic carbocycles. The van der Waals surface area contributed by atoms with Crippen molar-refractivity contribution in [3.63, 3.8) is 0 Å². The largest absolute Gasteiger partial charge is 0.497 e. The quantitative estimate of drug-likeness (QED) is 0.237. The molecule has 2 rings (SSSR count). The SMILES string of the molecule is CCCC[C@H](CN(O)C=O)C(=O)N[C@H](c1nc(C(=O)Nc2ccc(OC)cc2)co1)C(C)C. The van der Waals surface area contributed by atoms with Crippen LogP contribution in [0.3, 0.4) is 0 Å². The molecule has 0 fully saturated rings. The van der Waals surface area contributed by atoms with E-state index in [9.17, 15) is 19.6 Å². The number of methoxy groups -OCH3 is 1. The van der Waals surface area contributed by atoms with Gasteiger partial charge < -0.3 is 19.8 Å². The second kappa shape index (κ2) is 12.6. The average Bonchev–Trinajstić information content (AvgIpc) is 3.30. The molecule has 0 aliphatic rings. The predicted molar refractivity (Wildman–Crippen MR) is 121 cm³/mol. The van der Waals surface area contributed by atoms with E-state index in [0.29, 0.717) is 22.9 Å². The van der Waals surface area contributed by atoms with Gasteiger partial charge in [-0.25, -0.2) is 10.0 Å². The van der Waals surface area contributed by atoms with Gasteiger partial charge in [0, 0.05) is 5.69 Å². The van der Waals surface area contributed by atoms with Crippen LogP contribution in [0.2, 0.25) is 0 Å². The number of oxazole rings is 1. The van der Waals surface area contributed by atoms with E-state index in [0.717, 1.165) is 12.8 Å². The molecule has 0 aliphatic carbocycles. The van der Waals surface area contributed by atoms with Crippen molar-refractivity contribution >= 4 is 23.9 Å². The van der Waals surface area contributed by atoms with E-state index in [2.05, 4.69) is 15.6 Å². The van der Waals surface area contributed by atoms with Crippen molar-refractivity contribution in [1.82, 2.24) is 15.4 Å². The first kappa shape index (κ1) is 25.9. The Balaban J connectivity index is 2.11. The van der Waals surface area contributed by atoms with Crippen LogP contribution in [0.5, 0.6) is 5.75 Å². The number of anilines is 1. The van der Waals surface area contributed by atoms with Crippen LogP contribution in [0.25, 0.3) is 0 Å². The zero-order valence-electron chi connectivity index (χ0n) is 19.4. The molecule has 0 saturated heterocycles. The van der Waals surface area contributed by atoms with E-state index >= 15 is 0 Å². The van der Waals surface area contributed by atoms with Crippen molar-refractivity contribution in [3.8, 4) is 5.75 Å². The maximum Gasteiger partial charge on any atom is 0.277 e. The molecule has 3 amide bonds. The minimum Gasteiger partial charge on any atom is -0.497 e. The molecule has 3 N–H and O–H groups in total. The number of hydrogen-bond acceptors (Lipinski definition) is 7. The molecule has 0 saturated carbocycles. The van der Waals surface area contributed by atoms with E-state index in [1.54, 1.807) is 31.4 Å². The molecular formula is C23H32N4O6. The summed E-state index contributed by atoms with van der Waals surface area (Å²) in [5.41, 5.74) is 0.646. The van der Waals surface area contributed by atoms with Crippen molar-refractivity contribution in [1.29, 1.82) is 0 Å². The summed E-state index contributed by atoms with van der Waals surface area (Å²) in [5, 5.41) is 15.6. The summed E-state index contributed by atoms with van der Waals surface area (Å²) in [6.45, 7) is 5.66. The Morgan fingerprint density at radius 2 is 1.97 bits per heavy atom. The highest BCUT2D eigenvalue weighted by molar-refractivity contribution is 6.02. The van der Waals surface area contributed by atoms with Gasteiger partial charge in [0.05, 0.1) is 19.6 Å². The van der Waals surface area contributed by atoms with Crippen LogP contribution >= 0.6 is 0 Å². The van der Waals surface area contributed by atoms with E-state index in [1.165, 1.54) is 6.26 Å². The van der Waals surface area contributed by atoms with Gasteiger partial charge in [-0.05, 0) is 36.6 Å². The second-order valence-electron chi connectivity index (χ2n) is 8.05. The molecule has 2 aromatic rings. The summed E-state index contributed by atoms with van der Waals surface area (Å²) in [6.07, 6.45) is 3.67. The number of hydroxylamine groups is 2. The summed E-state index contributed by atoms with van der Waals surface area (Å²) in [6, 6.07) is 6.26. The molecule has 0 radical (unpaired) electrons. The number of rotatable bonds is 13. The molecule has 180 valence electrons. The highest BCUT2D eigenvalue weighted by Crippen LogP contribution is 2.23. The lowest BCUT2D eigenvalue weighted by Gasteiger charge is -2.24. The number of benzene rings is 1. The highest BCUT2D eigenvalue weighted by atomic mass is 16.5. The Bertz CT molecular complexity index is 912. The van der Waals surface area contributed by atoms with Crippen LogP contribution in [0, 0.1) is 11.8 Å². The van der Waals surface area contributed by atoms with E-state index < -0.39 is 17.9 Å².